The van der Waals surface area contributed by atoms with Crippen molar-refractivity contribution in [3.8, 4) is 0 Å². The molecule has 98 valence electrons. The average Bonchev–Trinajstić information content (AvgIpc) is 2.36. The molecule has 3 N–H and O–H groups in total. The van der Waals surface area contributed by atoms with Gasteiger partial charge in [-0.2, -0.15) is 0 Å². The van der Waals surface area contributed by atoms with E-state index >= 15 is 0 Å². The van der Waals surface area contributed by atoms with Crippen LogP contribution in [-0.2, 0) is 17.8 Å². The summed E-state index contributed by atoms with van der Waals surface area (Å²) in [5.74, 6) is -0.0334. The van der Waals surface area contributed by atoms with Crippen LogP contribution in [-0.4, -0.2) is 10.9 Å². The van der Waals surface area contributed by atoms with Gasteiger partial charge in [0.1, 0.15) is 0 Å². The van der Waals surface area contributed by atoms with Crippen LogP contribution in [0.4, 0.5) is 5.69 Å². The van der Waals surface area contributed by atoms with E-state index in [2.05, 4.69) is 10.3 Å². The Morgan fingerprint density at radius 3 is 2.79 bits per heavy atom. The van der Waals surface area contributed by atoms with E-state index in [4.69, 9.17) is 5.73 Å². The maximum atomic E-state index is 11.8. The van der Waals surface area contributed by atoms with Crippen molar-refractivity contribution >= 4 is 11.6 Å². The highest BCUT2D eigenvalue weighted by atomic mass is 16.1. The molecule has 4 heteroatoms. The molecular formula is C15H17N3O. The van der Waals surface area contributed by atoms with Gasteiger partial charge < -0.3 is 11.1 Å². The fourth-order valence-electron chi connectivity index (χ4n) is 1.84. The number of nitrogens with zero attached hydrogens (tertiary/aromatic N) is 1. The fourth-order valence-corrected chi connectivity index (χ4v) is 1.84. The van der Waals surface area contributed by atoms with E-state index in [0.29, 0.717) is 18.7 Å². The van der Waals surface area contributed by atoms with Crippen LogP contribution < -0.4 is 11.1 Å². The monoisotopic (exact) mass is 255 g/mol. The number of carbonyl (C=O) groups excluding carboxylic acids is 1. The number of hydrogen-bond acceptors (Lipinski definition) is 3. The first kappa shape index (κ1) is 13.1. The summed E-state index contributed by atoms with van der Waals surface area (Å²) in [6.07, 6.45) is 0.330. The van der Waals surface area contributed by atoms with Crippen LogP contribution in [0.15, 0.2) is 42.5 Å². The van der Waals surface area contributed by atoms with E-state index in [-0.39, 0.29) is 5.91 Å². The molecule has 0 saturated carbocycles. The number of rotatable bonds is 4. The van der Waals surface area contributed by atoms with E-state index in [1.165, 1.54) is 0 Å². The predicted octanol–water partition coefficient (Wildman–Crippen LogP) is 1.83. The third-order valence-corrected chi connectivity index (χ3v) is 2.73. The Morgan fingerprint density at radius 2 is 2.05 bits per heavy atom. The summed E-state index contributed by atoms with van der Waals surface area (Å²) in [6, 6.07) is 13.1. The van der Waals surface area contributed by atoms with E-state index in [0.717, 1.165) is 17.0 Å². The van der Waals surface area contributed by atoms with Crippen molar-refractivity contribution in [2.45, 2.75) is 19.9 Å². The minimum Gasteiger partial charge on any atom is -0.399 e. The number of hydrogen-bond donors (Lipinski definition) is 2. The topological polar surface area (TPSA) is 68.0 Å². The number of nitrogens with two attached hydrogens (primary N) is 1. The Hall–Kier alpha value is -2.36. The van der Waals surface area contributed by atoms with Crippen LogP contribution in [0.3, 0.4) is 0 Å². The Balaban J connectivity index is 1.88. The van der Waals surface area contributed by atoms with Crippen LogP contribution in [0.2, 0.25) is 0 Å². The van der Waals surface area contributed by atoms with E-state index in [9.17, 15) is 4.79 Å². The first-order chi connectivity index (χ1) is 9.13. The van der Waals surface area contributed by atoms with Gasteiger partial charge in [0, 0.05) is 11.4 Å². The van der Waals surface area contributed by atoms with Gasteiger partial charge in [-0.15, -0.1) is 0 Å². The Morgan fingerprint density at radius 1 is 1.26 bits per heavy atom. The summed E-state index contributed by atoms with van der Waals surface area (Å²) in [5, 5.41) is 2.85. The van der Waals surface area contributed by atoms with Gasteiger partial charge in [0.15, 0.2) is 0 Å². The average molecular weight is 255 g/mol. The second-order valence-corrected chi connectivity index (χ2v) is 4.47. The molecule has 0 atom stereocenters. The minimum absolute atomic E-state index is 0.0334. The lowest BCUT2D eigenvalue weighted by molar-refractivity contribution is -0.120. The maximum absolute atomic E-state index is 11.8. The van der Waals surface area contributed by atoms with Gasteiger partial charge in [0.25, 0.3) is 0 Å². The molecule has 2 rings (SSSR count). The van der Waals surface area contributed by atoms with Crippen molar-refractivity contribution < 1.29 is 4.79 Å². The van der Waals surface area contributed by atoms with Crippen LogP contribution >= 0.6 is 0 Å². The van der Waals surface area contributed by atoms with Gasteiger partial charge in [-0.1, -0.05) is 18.2 Å². The first-order valence-electron chi connectivity index (χ1n) is 6.17. The Labute approximate surface area is 112 Å². The number of amides is 1. The summed E-state index contributed by atoms with van der Waals surface area (Å²) in [5.41, 5.74) is 9.07. The van der Waals surface area contributed by atoms with Crippen molar-refractivity contribution in [2.24, 2.45) is 0 Å². The first-order valence-corrected chi connectivity index (χ1v) is 6.17. The van der Waals surface area contributed by atoms with Crippen LogP contribution in [0, 0.1) is 6.92 Å². The van der Waals surface area contributed by atoms with E-state index < -0.39 is 0 Å². The van der Waals surface area contributed by atoms with Crippen molar-refractivity contribution in [3.63, 3.8) is 0 Å². The number of nitrogen functional groups attached to an aromatic ring is 1. The normalized spacial score (nSPS) is 10.2. The summed E-state index contributed by atoms with van der Waals surface area (Å²) in [4.78, 5) is 16.1. The summed E-state index contributed by atoms with van der Waals surface area (Å²) >= 11 is 0. The largest absolute Gasteiger partial charge is 0.399 e. The summed E-state index contributed by atoms with van der Waals surface area (Å²) < 4.78 is 0. The molecule has 0 saturated heterocycles. The lowest BCUT2D eigenvalue weighted by Crippen LogP contribution is -2.25. The van der Waals surface area contributed by atoms with Gasteiger partial charge >= 0.3 is 0 Å². The fraction of sp³-hybridized carbons (Fsp3) is 0.200. The third kappa shape index (κ3) is 4.10. The van der Waals surface area contributed by atoms with E-state index in [1.54, 1.807) is 6.07 Å². The molecule has 0 radical (unpaired) electrons. The molecule has 0 aliphatic heterocycles. The summed E-state index contributed by atoms with van der Waals surface area (Å²) in [7, 11) is 0. The van der Waals surface area contributed by atoms with E-state index in [1.807, 2.05) is 43.3 Å². The highest BCUT2D eigenvalue weighted by Crippen LogP contribution is 2.07. The zero-order valence-corrected chi connectivity index (χ0v) is 10.9. The molecule has 1 aromatic carbocycles. The molecule has 19 heavy (non-hydrogen) atoms. The second kappa shape index (κ2) is 6.00. The number of aryl methyl sites for hydroxylation is 1. The number of aromatic nitrogens is 1. The zero-order valence-electron chi connectivity index (χ0n) is 10.9. The van der Waals surface area contributed by atoms with Crippen molar-refractivity contribution in [1.29, 1.82) is 0 Å². The van der Waals surface area contributed by atoms with Gasteiger partial charge in [-0.3, -0.25) is 9.78 Å². The lowest BCUT2D eigenvalue weighted by Gasteiger charge is -2.06. The second-order valence-electron chi connectivity index (χ2n) is 4.47. The molecule has 1 amide bonds. The molecule has 1 heterocycles. The van der Waals surface area contributed by atoms with Crippen LogP contribution in [0.5, 0.6) is 0 Å². The molecule has 0 aliphatic carbocycles. The van der Waals surface area contributed by atoms with Crippen LogP contribution in [0.1, 0.15) is 17.0 Å². The Kier molecular flexibility index (Phi) is 4.13. The third-order valence-electron chi connectivity index (χ3n) is 2.73. The molecule has 0 unspecified atom stereocenters. The minimum atomic E-state index is -0.0334. The van der Waals surface area contributed by atoms with Crippen molar-refractivity contribution in [1.82, 2.24) is 10.3 Å². The summed E-state index contributed by atoms with van der Waals surface area (Å²) in [6.45, 7) is 2.38. The van der Waals surface area contributed by atoms with Crippen molar-refractivity contribution in [2.75, 3.05) is 5.73 Å². The van der Waals surface area contributed by atoms with Gasteiger partial charge in [0.2, 0.25) is 5.91 Å². The van der Waals surface area contributed by atoms with Gasteiger partial charge in [-0.25, -0.2) is 0 Å². The standard InChI is InChI=1S/C15H17N3O/c1-11-4-2-7-14(18-11)10-17-15(19)9-12-5-3-6-13(16)8-12/h2-8H,9-10,16H2,1H3,(H,17,19). The highest BCUT2D eigenvalue weighted by Gasteiger charge is 2.04. The molecule has 0 fully saturated rings. The maximum Gasteiger partial charge on any atom is 0.224 e. The van der Waals surface area contributed by atoms with Crippen molar-refractivity contribution in [3.05, 3.63) is 59.4 Å². The number of anilines is 1. The number of nitrogens with one attached hydrogen (secondary N) is 1. The quantitative estimate of drug-likeness (QED) is 0.819. The molecule has 4 nitrogen and oxygen atoms in total. The van der Waals surface area contributed by atoms with Gasteiger partial charge in [-0.05, 0) is 36.8 Å². The molecule has 0 aliphatic rings. The lowest BCUT2D eigenvalue weighted by atomic mass is 10.1. The predicted molar refractivity (Wildman–Crippen MR) is 75.4 cm³/mol. The molecular weight excluding hydrogens is 238 g/mol. The highest BCUT2D eigenvalue weighted by molar-refractivity contribution is 5.78. The Bertz CT molecular complexity index is 581. The smallest absolute Gasteiger partial charge is 0.224 e. The SMILES string of the molecule is Cc1cccc(CNC(=O)Cc2cccc(N)c2)n1. The molecule has 1 aromatic heterocycles. The molecule has 0 spiro atoms. The van der Waals surface area contributed by atoms with Crippen LogP contribution in [0.25, 0.3) is 0 Å². The van der Waals surface area contributed by atoms with Gasteiger partial charge in [0.05, 0.1) is 18.7 Å². The number of pyridine rings is 1. The number of carbonyl (C=O) groups is 1. The molecule has 0 bridgehead atoms. The molecule has 2 aromatic rings. The zero-order chi connectivity index (χ0) is 13.7. The number of benzene rings is 1.